The number of halogens is 2. The number of benzene rings is 2. The van der Waals surface area contributed by atoms with Gasteiger partial charge in [0.25, 0.3) is 0 Å². The Labute approximate surface area is 134 Å². The highest BCUT2D eigenvalue weighted by molar-refractivity contribution is 5.31. The molecular weight excluding hydrogens is 298 g/mol. The van der Waals surface area contributed by atoms with Crippen molar-refractivity contribution in [3.63, 3.8) is 0 Å². The summed E-state index contributed by atoms with van der Waals surface area (Å²) in [6.45, 7) is -0.228. The molecule has 2 unspecified atom stereocenters. The van der Waals surface area contributed by atoms with E-state index < -0.39 is 6.61 Å². The number of likely N-dealkylation sites (tertiary alicyclic amines) is 1. The van der Waals surface area contributed by atoms with Crippen LogP contribution in [0, 0.1) is 0 Å². The first-order valence-corrected chi connectivity index (χ1v) is 7.68. The van der Waals surface area contributed by atoms with Gasteiger partial charge in [0.2, 0.25) is 0 Å². The molecule has 0 aliphatic carbocycles. The van der Waals surface area contributed by atoms with Gasteiger partial charge in [0.05, 0.1) is 0 Å². The molecule has 122 valence electrons. The minimum Gasteiger partial charge on any atom is -0.435 e. The average molecular weight is 318 g/mol. The lowest BCUT2D eigenvalue weighted by atomic mass is 9.95. The molecule has 1 fully saturated rings. The number of ether oxygens (including phenoxy) is 1. The second-order valence-electron chi connectivity index (χ2n) is 5.90. The van der Waals surface area contributed by atoms with E-state index in [4.69, 9.17) is 5.73 Å². The van der Waals surface area contributed by atoms with Gasteiger partial charge in [-0.15, -0.1) is 0 Å². The molecule has 1 saturated heterocycles. The van der Waals surface area contributed by atoms with Crippen LogP contribution in [0.4, 0.5) is 8.78 Å². The Balaban J connectivity index is 1.64. The van der Waals surface area contributed by atoms with Crippen LogP contribution in [0.15, 0.2) is 54.6 Å². The number of hydrogen-bond donors (Lipinski definition) is 1. The molecule has 23 heavy (non-hydrogen) atoms. The van der Waals surface area contributed by atoms with Gasteiger partial charge in [-0.1, -0.05) is 42.5 Å². The maximum Gasteiger partial charge on any atom is 0.387 e. The highest BCUT2D eigenvalue weighted by Crippen LogP contribution is 2.29. The maximum atomic E-state index is 12.2. The first-order chi connectivity index (χ1) is 11.1. The summed E-state index contributed by atoms with van der Waals surface area (Å²) in [6.07, 6.45) is 0. The van der Waals surface area contributed by atoms with Crippen LogP contribution in [0.3, 0.4) is 0 Å². The van der Waals surface area contributed by atoms with E-state index in [9.17, 15) is 8.78 Å². The average Bonchev–Trinajstić information content (AvgIpc) is 2.89. The van der Waals surface area contributed by atoms with Crippen LogP contribution in [-0.2, 0) is 6.54 Å². The van der Waals surface area contributed by atoms with Crippen LogP contribution in [0.1, 0.15) is 17.0 Å². The lowest BCUT2D eigenvalue weighted by molar-refractivity contribution is -0.0498. The Kier molecular flexibility index (Phi) is 4.88. The number of nitrogens with zero attached hydrogens (tertiary/aromatic N) is 1. The molecule has 0 amide bonds. The first-order valence-electron chi connectivity index (χ1n) is 7.68. The zero-order chi connectivity index (χ0) is 16.2. The maximum absolute atomic E-state index is 12.2. The van der Waals surface area contributed by atoms with Crippen molar-refractivity contribution < 1.29 is 13.5 Å². The molecule has 2 aromatic carbocycles. The van der Waals surface area contributed by atoms with Crippen molar-refractivity contribution in [2.24, 2.45) is 5.73 Å². The highest BCUT2D eigenvalue weighted by atomic mass is 19.3. The summed E-state index contributed by atoms with van der Waals surface area (Å²) in [5.41, 5.74) is 8.61. The summed E-state index contributed by atoms with van der Waals surface area (Å²) in [6, 6.07) is 17.1. The van der Waals surface area contributed by atoms with Crippen LogP contribution in [0.25, 0.3) is 0 Å². The minimum absolute atomic E-state index is 0.0422. The molecule has 2 atom stereocenters. The summed E-state index contributed by atoms with van der Waals surface area (Å²) < 4.78 is 28.8. The molecule has 0 radical (unpaired) electrons. The molecular formula is C18H20F2N2O. The number of nitrogens with two attached hydrogens (primary N) is 1. The third kappa shape index (κ3) is 4.06. The molecule has 1 aliphatic heterocycles. The molecule has 0 spiro atoms. The van der Waals surface area contributed by atoms with Gasteiger partial charge in [-0.25, -0.2) is 0 Å². The second kappa shape index (κ2) is 7.06. The fraction of sp³-hybridized carbons (Fsp3) is 0.333. The van der Waals surface area contributed by atoms with Crippen molar-refractivity contribution in [3.05, 3.63) is 65.7 Å². The van der Waals surface area contributed by atoms with Crippen molar-refractivity contribution in [2.45, 2.75) is 25.1 Å². The smallest absolute Gasteiger partial charge is 0.387 e. The fourth-order valence-corrected chi connectivity index (χ4v) is 3.13. The van der Waals surface area contributed by atoms with E-state index in [1.54, 1.807) is 12.1 Å². The third-order valence-corrected chi connectivity index (χ3v) is 4.22. The van der Waals surface area contributed by atoms with Crippen LogP contribution in [0.2, 0.25) is 0 Å². The fourth-order valence-electron chi connectivity index (χ4n) is 3.13. The largest absolute Gasteiger partial charge is 0.435 e. The van der Waals surface area contributed by atoms with Crippen molar-refractivity contribution in [2.75, 3.05) is 13.1 Å². The minimum atomic E-state index is -2.80. The Morgan fingerprint density at radius 3 is 2.39 bits per heavy atom. The van der Waals surface area contributed by atoms with Gasteiger partial charge >= 0.3 is 6.61 Å². The Morgan fingerprint density at radius 1 is 1.04 bits per heavy atom. The molecule has 3 rings (SSSR count). The van der Waals surface area contributed by atoms with E-state index in [2.05, 4.69) is 21.8 Å². The molecule has 5 heteroatoms. The summed E-state index contributed by atoms with van der Waals surface area (Å²) in [5.74, 6) is 0.385. The lowest BCUT2D eigenvalue weighted by Crippen LogP contribution is -2.28. The van der Waals surface area contributed by atoms with E-state index in [0.29, 0.717) is 0 Å². The van der Waals surface area contributed by atoms with Gasteiger partial charge in [-0.2, -0.15) is 8.78 Å². The number of rotatable bonds is 5. The van der Waals surface area contributed by atoms with Gasteiger partial charge in [0, 0.05) is 31.6 Å². The number of alkyl halides is 2. The van der Waals surface area contributed by atoms with Crippen molar-refractivity contribution in [1.29, 1.82) is 0 Å². The zero-order valence-corrected chi connectivity index (χ0v) is 12.7. The normalized spacial score (nSPS) is 21.7. The number of hydrogen-bond acceptors (Lipinski definition) is 3. The molecule has 3 nitrogen and oxygen atoms in total. The molecule has 0 bridgehead atoms. The Bertz CT molecular complexity index is 619. The molecule has 2 N–H and O–H groups in total. The Morgan fingerprint density at radius 2 is 1.74 bits per heavy atom. The summed E-state index contributed by atoms with van der Waals surface area (Å²) in [5, 5.41) is 0. The van der Waals surface area contributed by atoms with Gasteiger partial charge in [0.1, 0.15) is 5.75 Å². The van der Waals surface area contributed by atoms with Crippen LogP contribution in [-0.4, -0.2) is 30.6 Å². The quantitative estimate of drug-likeness (QED) is 0.920. The standard InChI is InChI=1S/C18H20F2N2O/c19-18(20)23-15-8-6-14(7-9-15)16-11-22(12-17(16)21)10-13-4-2-1-3-5-13/h1-9,16-18H,10-12,21H2. The van der Waals surface area contributed by atoms with Crippen LogP contribution in [0.5, 0.6) is 5.75 Å². The van der Waals surface area contributed by atoms with E-state index in [1.807, 2.05) is 30.3 Å². The monoisotopic (exact) mass is 318 g/mol. The topological polar surface area (TPSA) is 38.5 Å². The first kappa shape index (κ1) is 15.9. The van der Waals surface area contributed by atoms with Gasteiger partial charge < -0.3 is 10.5 Å². The van der Waals surface area contributed by atoms with Gasteiger partial charge in [0.15, 0.2) is 0 Å². The summed E-state index contributed by atoms with van der Waals surface area (Å²) >= 11 is 0. The second-order valence-corrected chi connectivity index (χ2v) is 5.90. The highest BCUT2D eigenvalue weighted by Gasteiger charge is 2.31. The van der Waals surface area contributed by atoms with Crippen LogP contribution < -0.4 is 10.5 Å². The molecule has 0 saturated carbocycles. The van der Waals surface area contributed by atoms with E-state index in [0.717, 1.165) is 25.2 Å². The predicted octanol–water partition coefficient (Wildman–Crippen LogP) is 3.21. The molecule has 2 aromatic rings. The third-order valence-electron chi connectivity index (χ3n) is 4.22. The van der Waals surface area contributed by atoms with E-state index in [1.165, 1.54) is 5.56 Å². The zero-order valence-electron chi connectivity index (χ0n) is 12.7. The van der Waals surface area contributed by atoms with Crippen LogP contribution >= 0.6 is 0 Å². The van der Waals surface area contributed by atoms with Gasteiger partial charge in [-0.3, -0.25) is 4.90 Å². The molecule has 1 aliphatic rings. The van der Waals surface area contributed by atoms with Crippen molar-refractivity contribution >= 4 is 0 Å². The predicted molar refractivity (Wildman–Crippen MR) is 85.5 cm³/mol. The Hall–Kier alpha value is -1.98. The summed E-state index contributed by atoms with van der Waals surface area (Å²) in [4.78, 5) is 2.33. The van der Waals surface area contributed by atoms with E-state index >= 15 is 0 Å². The lowest BCUT2D eigenvalue weighted by Gasteiger charge is -2.16. The molecule has 1 heterocycles. The van der Waals surface area contributed by atoms with E-state index in [-0.39, 0.29) is 17.7 Å². The molecule has 0 aromatic heterocycles. The SMILES string of the molecule is NC1CN(Cc2ccccc2)CC1c1ccc(OC(F)F)cc1. The summed E-state index contributed by atoms with van der Waals surface area (Å²) in [7, 11) is 0. The van der Waals surface area contributed by atoms with Crippen molar-refractivity contribution in [1.82, 2.24) is 4.90 Å². The van der Waals surface area contributed by atoms with Crippen molar-refractivity contribution in [3.8, 4) is 5.75 Å². The van der Waals surface area contributed by atoms with Gasteiger partial charge in [-0.05, 0) is 23.3 Å².